The molecule has 0 aromatic carbocycles. The topological polar surface area (TPSA) is 93.8 Å². The van der Waals surface area contributed by atoms with Crippen molar-refractivity contribution in [3.63, 3.8) is 0 Å². The number of urea groups is 1. The normalized spacial score (nSPS) is 10.7. The van der Waals surface area contributed by atoms with Crippen molar-refractivity contribution in [3.05, 3.63) is 0 Å². The molecule has 68 valence electrons. The lowest BCUT2D eigenvalue weighted by Crippen LogP contribution is -2.26. The Morgan fingerprint density at radius 3 is 2.67 bits per heavy atom. The number of carbonyl (C=O) groups is 2. The summed E-state index contributed by atoms with van der Waals surface area (Å²) in [6.07, 6.45) is 0. The smallest absolute Gasteiger partial charge is 0.366 e. The number of hydrogen-bond acceptors (Lipinski definition) is 4. The van der Waals surface area contributed by atoms with Gasteiger partial charge in [0.1, 0.15) is 0 Å². The van der Waals surface area contributed by atoms with Crippen LogP contribution < -0.4 is 11.2 Å². The zero-order chi connectivity index (χ0) is 9.56. The predicted octanol–water partition coefficient (Wildman–Crippen LogP) is -0.0738. The molecule has 0 rings (SSSR count). The molecule has 0 radical (unpaired) electrons. The molecule has 0 heterocycles. The molecule has 0 unspecified atom stereocenters. The maximum atomic E-state index is 10.8. The molecule has 7 heteroatoms. The number of rotatable bonds is 3. The van der Waals surface area contributed by atoms with Crippen molar-refractivity contribution in [2.45, 2.75) is 6.92 Å². The fourth-order valence-electron chi connectivity index (χ4n) is 0.340. The van der Waals surface area contributed by atoms with Gasteiger partial charge in [0.15, 0.2) is 0 Å². The highest BCUT2D eigenvalue weighted by molar-refractivity contribution is 9.19. The van der Waals surface area contributed by atoms with Crippen LogP contribution >= 0.6 is 15.9 Å². The quantitative estimate of drug-likeness (QED) is 0.409. The summed E-state index contributed by atoms with van der Waals surface area (Å²) < 4.78 is 4.39. The number of amides is 2. The van der Waals surface area contributed by atoms with Gasteiger partial charge in [-0.1, -0.05) is 0 Å². The Bertz CT molecular complexity index is 216. The molecular weight excluding hydrogens is 230 g/mol. The van der Waals surface area contributed by atoms with Crippen molar-refractivity contribution in [3.8, 4) is 0 Å². The molecular formula is C5H8BrN3O3. The maximum absolute atomic E-state index is 10.8. The summed E-state index contributed by atoms with van der Waals surface area (Å²) in [7, 11) is 0. The van der Waals surface area contributed by atoms with Crippen molar-refractivity contribution < 1.29 is 14.3 Å². The van der Waals surface area contributed by atoms with Crippen LogP contribution in [0.25, 0.3) is 0 Å². The number of halogens is 1. The van der Waals surface area contributed by atoms with Crippen molar-refractivity contribution >= 4 is 32.6 Å². The highest BCUT2D eigenvalue weighted by Gasteiger charge is 2.08. The van der Waals surface area contributed by atoms with Gasteiger partial charge in [0.05, 0.1) is 6.61 Å². The lowest BCUT2D eigenvalue weighted by atomic mass is 10.7. The Balaban J connectivity index is 3.99. The molecule has 0 aliphatic rings. The second-order valence-electron chi connectivity index (χ2n) is 1.60. The molecule has 0 saturated heterocycles. The summed E-state index contributed by atoms with van der Waals surface area (Å²) in [6, 6.07) is -0.851. The molecule has 12 heavy (non-hydrogen) atoms. The standard InChI is InChI=1S/C5H8BrN3O3/c1-2-12-4(10)3(6)8-9-5(7)11/h2H2,1H3,(H3,7,9,11). The number of hydrogen-bond donors (Lipinski definition) is 2. The van der Waals surface area contributed by atoms with Gasteiger partial charge in [-0.2, -0.15) is 5.10 Å². The van der Waals surface area contributed by atoms with E-state index in [-0.39, 0.29) is 11.2 Å². The number of nitrogens with two attached hydrogens (primary N) is 1. The molecule has 0 saturated carbocycles. The van der Waals surface area contributed by atoms with E-state index in [0.29, 0.717) is 0 Å². The van der Waals surface area contributed by atoms with Gasteiger partial charge in [-0.05, 0) is 22.9 Å². The van der Waals surface area contributed by atoms with Crippen molar-refractivity contribution in [2.75, 3.05) is 6.61 Å². The summed E-state index contributed by atoms with van der Waals surface area (Å²) >= 11 is 2.78. The average Bonchev–Trinajstić information content (AvgIpc) is 2.00. The van der Waals surface area contributed by atoms with E-state index in [1.807, 2.05) is 5.43 Å². The van der Waals surface area contributed by atoms with E-state index in [1.165, 1.54) is 0 Å². The van der Waals surface area contributed by atoms with Crippen molar-refractivity contribution in [1.29, 1.82) is 0 Å². The van der Waals surface area contributed by atoms with E-state index in [2.05, 4.69) is 31.5 Å². The van der Waals surface area contributed by atoms with Crippen LogP contribution in [0.1, 0.15) is 6.92 Å². The van der Waals surface area contributed by atoms with E-state index in [0.717, 1.165) is 0 Å². The zero-order valence-electron chi connectivity index (χ0n) is 6.33. The summed E-state index contributed by atoms with van der Waals surface area (Å²) in [5.74, 6) is -0.661. The fourth-order valence-corrected chi connectivity index (χ4v) is 0.544. The van der Waals surface area contributed by atoms with Gasteiger partial charge in [-0.15, -0.1) is 0 Å². The number of ether oxygens (including phenoxy) is 1. The lowest BCUT2D eigenvalue weighted by molar-refractivity contribution is -0.134. The van der Waals surface area contributed by atoms with Gasteiger partial charge < -0.3 is 10.5 Å². The minimum Gasteiger partial charge on any atom is -0.461 e. The Kier molecular flexibility index (Phi) is 5.02. The van der Waals surface area contributed by atoms with Crippen LogP contribution in [0.4, 0.5) is 4.79 Å². The first-order chi connectivity index (χ1) is 5.57. The minimum atomic E-state index is -0.851. The van der Waals surface area contributed by atoms with Crippen LogP contribution in [0.2, 0.25) is 0 Å². The molecule has 0 spiro atoms. The predicted molar refractivity (Wildman–Crippen MR) is 45.7 cm³/mol. The van der Waals surface area contributed by atoms with Crippen molar-refractivity contribution in [2.24, 2.45) is 10.8 Å². The van der Waals surface area contributed by atoms with Crippen LogP contribution in [-0.2, 0) is 9.53 Å². The number of carbonyl (C=O) groups excluding carboxylic acids is 2. The Morgan fingerprint density at radius 2 is 2.25 bits per heavy atom. The SMILES string of the molecule is CCOC(=O)C(Br)=NNC(N)=O. The summed E-state index contributed by atoms with van der Waals surface area (Å²) in [5.41, 5.74) is 6.55. The third kappa shape index (κ3) is 4.67. The molecule has 2 amide bonds. The van der Waals surface area contributed by atoms with Crippen LogP contribution in [-0.4, -0.2) is 23.2 Å². The van der Waals surface area contributed by atoms with Gasteiger partial charge >= 0.3 is 12.0 Å². The molecule has 0 aliphatic carbocycles. The summed E-state index contributed by atoms with van der Waals surface area (Å²) in [4.78, 5) is 20.9. The Morgan fingerprint density at radius 1 is 1.67 bits per heavy atom. The second-order valence-corrected chi connectivity index (χ2v) is 2.35. The molecule has 0 aromatic rings. The van der Waals surface area contributed by atoms with Crippen LogP contribution in [0.3, 0.4) is 0 Å². The van der Waals surface area contributed by atoms with E-state index < -0.39 is 12.0 Å². The molecule has 0 bridgehead atoms. The first-order valence-corrected chi connectivity index (χ1v) is 3.83. The third-order valence-corrected chi connectivity index (χ3v) is 1.21. The maximum Gasteiger partial charge on any atom is 0.366 e. The van der Waals surface area contributed by atoms with Crippen LogP contribution in [0.15, 0.2) is 5.10 Å². The highest BCUT2D eigenvalue weighted by Crippen LogP contribution is 1.92. The number of nitrogens with zero attached hydrogens (tertiary/aromatic N) is 1. The number of hydrazone groups is 1. The van der Waals surface area contributed by atoms with E-state index >= 15 is 0 Å². The number of nitrogens with one attached hydrogen (secondary N) is 1. The third-order valence-electron chi connectivity index (χ3n) is 0.708. The number of esters is 1. The zero-order valence-corrected chi connectivity index (χ0v) is 7.92. The largest absolute Gasteiger partial charge is 0.461 e. The van der Waals surface area contributed by atoms with E-state index in [1.54, 1.807) is 6.92 Å². The van der Waals surface area contributed by atoms with E-state index in [4.69, 9.17) is 0 Å². The molecule has 6 nitrogen and oxygen atoms in total. The Hall–Kier alpha value is -1.11. The van der Waals surface area contributed by atoms with Gasteiger partial charge in [0, 0.05) is 0 Å². The average molecular weight is 238 g/mol. The van der Waals surface area contributed by atoms with Crippen LogP contribution in [0.5, 0.6) is 0 Å². The monoisotopic (exact) mass is 237 g/mol. The molecule has 0 atom stereocenters. The van der Waals surface area contributed by atoms with Gasteiger partial charge in [-0.3, -0.25) is 0 Å². The van der Waals surface area contributed by atoms with Crippen LogP contribution in [0, 0.1) is 0 Å². The highest BCUT2D eigenvalue weighted by atomic mass is 79.9. The number of primary amides is 1. The molecule has 0 aromatic heterocycles. The summed E-state index contributed by atoms with van der Waals surface area (Å²) in [6.45, 7) is 1.89. The first kappa shape index (κ1) is 10.9. The van der Waals surface area contributed by atoms with Crippen molar-refractivity contribution in [1.82, 2.24) is 5.43 Å². The second kappa shape index (κ2) is 5.53. The minimum absolute atomic E-state index is 0.136. The van der Waals surface area contributed by atoms with Gasteiger partial charge in [0.25, 0.3) is 0 Å². The molecule has 3 N–H and O–H groups in total. The molecule has 0 fully saturated rings. The lowest BCUT2D eigenvalue weighted by Gasteiger charge is -1.98. The molecule has 0 aliphatic heterocycles. The summed E-state index contributed by atoms with van der Waals surface area (Å²) in [5, 5.41) is 3.28. The van der Waals surface area contributed by atoms with E-state index in [9.17, 15) is 9.59 Å². The van der Waals surface area contributed by atoms with Gasteiger partial charge in [-0.25, -0.2) is 15.0 Å². The Labute approximate surface area is 77.3 Å². The van der Waals surface area contributed by atoms with Gasteiger partial charge in [0.2, 0.25) is 4.62 Å². The first-order valence-electron chi connectivity index (χ1n) is 3.03. The fraction of sp³-hybridized carbons (Fsp3) is 0.400.